The molecule has 0 aliphatic heterocycles. The van der Waals surface area contributed by atoms with Crippen LogP contribution >= 0.6 is 23.1 Å². The van der Waals surface area contributed by atoms with Crippen molar-refractivity contribution in [2.24, 2.45) is 5.73 Å². The summed E-state index contributed by atoms with van der Waals surface area (Å²) in [4.78, 5) is 32.4. The molecule has 1 aliphatic rings. The Morgan fingerprint density at radius 3 is 3.10 bits per heavy atom. The summed E-state index contributed by atoms with van der Waals surface area (Å²) in [7, 11) is 0. The number of nitrogens with zero attached hydrogens (tertiary/aromatic N) is 1. The minimum atomic E-state index is -0.294. The second-order valence-corrected chi connectivity index (χ2v) is 6.99. The van der Waals surface area contributed by atoms with Crippen LogP contribution in [0.4, 0.5) is 0 Å². The molecule has 20 heavy (non-hydrogen) atoms. The zero-order chi connectivity index (χ0) is 14.1. The first-order chi connectivity index (χ1) is 9.65. The lowest BCUT2D eigenvalue weighted by Gasteiger charge is -2.00. The van der Waals surface area contributed by atoms with Gasteiger partial charge >= 0.3 is 0 Å². The molecule has 0 unspecified atom stereocenters. The van der Waals surface area contributed by atoms with Gasteiger partial charge in [0.05, 0.1) is 5.39 Å². The summed E-state index contributed by atoms with van der Waals surface area (Å²) in [5, 5.41) is 1.41. The molecular formula is C13H15N3O2S2. The quantitative estimate of drug-likeness (QED) is 0.501. The molecule has 0 saturated heterocycles. The number of hydrogen-bond donors (Lipinski definition) is 2. The topological polar surface area (TPSA) is 88.8 Å². The van der Waals surface area contributed by atoms with Crippen LogP contribution in [-0.4, -0.2) is 21.6 Å². The summed E-state index contributed by atoms with van der Waals surface area (Å²) in [6, 6.07) is 0. The minimum Gasteiger partial charge on any atom is -0.370 e. The molecule has 1 aliphatic carbocycles. The van der Waals surface area contributed by atoms with E-state index in [4.69, 9.17) is 5.73 Å². The molecule has 7 heteroatoms. The number of aromatic nitrogens is 2. The summed E-state index contributed by atoms with van der Waals surface area (Å²) in [5.41, 5.74) is 6.25. The normalized spacial score (nSPS) is 13.8. The molecule has 0 fully saturated rings. The van der Waals surface area contributed by atoms with Crippen molar-refractivity contribution in [1.29, 1.82) is 0 Å². The third-order valence-electron chi connectivity index (χ3n) is 3.36. The number of nitrogens with two attached hydrogens (primary N) is 1. The Morgan fingerprint density at radius 2 is 2.30 bits per heavy atom. The lowest BCUT2D eigenvalue weighted by molar-refractivity contribution is -0.118. The second kappa shape index (κ2) is 5.57. The van der Waals surface area contributed by atoms with Gasteiger partial charge in [-0.2, -0.15) is 0 Å². The van der Waals surface area contributed by atoms with Gasteiger partial charge in [-0.05, 0) is 31.2 Å². The number of thiophene rings is 1. The number of carbonyl (C=O) groups is 1. The van der Waals surface area contributed by atoms with Crippen LogP contribution in [-0.2, 0) is 17.6 Å². The molecule has 5 nitrogen and oxygen atoms in total. The zero-order valence-corrected chi connectivity index (χ0v) is 12.5. The van der Waals surface area contributed by atoms with Crippen LogP contribution < -0.4 is 11.3 Å². The van der Waals surface area contributed by atoms with E-state index in [1.807, 2.05) is 0 Å². The highest BCUT2D eigenvalue weighted by molar-refractivity contribution is 7.99. The van der Waals surface area contributed by atoms with Gasteiger partial charge in [0, 0.05) is 17.1 Å². The van der Waals surface area contributed by atoms with E-state index in [2.05, 4.69) is 9.97 Å². The lowest BCUT2D eigenvalue weighted by Crippen LogP contribution is -2.11. The number of amides is 1. The van der Waals surface area contributed by atoms with Crippen molar-refractivity contribution < 1.29 is 4.79 Å². The maximum absolute atomic E-state index is 12.2. The Kier molecular flexibility index (Phi) is 3.80. The van der Waals surface area contributed by atoms with Crippen LogP contribution in [0.2, 0.25) is 0 Å². The van der Waals surface area contributed by atoms with Gasteiger partial charge < -0.3 is 10.7 Å². The Bertz CT molecular complexity index is 720. The molecule has 0 aromatic carbocycles. The summed E-state index contributed by atoms with van der Waals surface area (Å²) < 4.78 is 0. The number of nitrogens with one attached hydrogen (secondary N) is 1. The van der Waals surface area contributed by atoms with Crippen molar-refractivity contribution in [1.82, 2.24) is 9.97 Å². The maximum atomic E-state index is 12.2. The van der Waals surface area contributed by atoms with E-state index < -0.39 is 0 Å². The highest BCUT2D eigenvalue weighted by Gasteiger charge is 2.21. The van der Waals surface area contributed by atoms with Gasteiger partial charge in [-0.1, -0.05) is 11.8 Å². The molecule has 0 bridgehead atoms. The number of aromatic amines is 1. The monoisotopic (exact) mass is 309 g/mol. The van der Waals surface area contributed by atoms with E-state index in [1.54, 1.807) is 11.3 Å². The van der Waals surface area contributed by atoms with Gasteiger partial charge in [-0.15, -0.1) is 11.3 Å². The van der Waals surface area contributed by atoms with E-state index in [-0.39, 0.29) is 11.5 Å². The largest absolute Gasteiger partial charge is 0.370 e. The number of carbonyl (C=O) groups excluding carboxylic acids is 1. The Labute approximate surface area is 124 Å². The summed E-state index contributed by atoms with van der Waals surface area (Å²) in [6.07, 6.45) is 4.26. The van der Waals surface area contributed by atoms with Gasteiger partial charge in [0.2, 0.25) is 5.91 Å². The third kappa shape index (κ3) is 2.60. The number of thioether (sulfide) groups is 1. The molecule has 2 aromatic heterocycles. The highest BCUT2D eigenvalue weighted by atomic mass is 32.2. The molecule has 106 valence electrons. The van der Waals surface area contributed by atoms with Crippen LogP contribution in [0.15, 0.2) is 9.95 Å². The SMILES string of the molecule is NC(=O)CCCSc1nc2sc3c(c2c(=O)[nH]1)CCC3. The number of H-pyrrole nitrogens is 1. The Hall–Kier alpha value is -1.34. The van der Waals surface area contributed by atoms with Crippen molar-refractivity contribution in [3.63, 3.8) is 0 Å². The first-order valence-electron chi connectivity index (χ1n) is 6.61. The fourth-order valence-electron chi connectivity index (χ4n) is 2.47. The molecule has 2 heterocycles. The van der Waals surface area contributed by atoms with E-state index in [0.29, 0.717) is 18.0 Å². The van der Waals surface area contributed by atoms with Gasteiger partial charge in [-0.3, -0.25) is 9.59 Å². The molecular weight excluding hydrogens is 294 g/mol. The van der Waals surface area contributed by atoms with Crippen LogP contribution in [0, 0.1) is 0 Å². The van der Waals surface area contributed by atoms with Crippen LogP contribution in [0.25, 0.3) is 10.2 Å². The van der Waals surface area contributed by atoms with Gasteiger partial charge in [0.25, 0.3) is 5.56 Å². The minimum absolute atomic E-state index is 0.0354. The predicted molar refractivity (Wildman–Crippen MR) is 81.4 cm³/mol. The van der Waals surface area contributed by atoms with Gasteiger partial charge in [-0.25, -0.2) is 4.98 Å². The summed E-state index contributed by atoms with van der Waals surface area (Å²) >= 11 is 3.10. The first kappa shape index (κ1) is 13.6. The highest BCUT2D eigenvalue weighted by Crippen LogP contribution is 2.35. The van der Waals surface area contributed by atoms with Gasteiger partial charge in [0.1, 0.15) is 4.83 Å². The van der Waals surface area contributed by atoms with Crippen molar-refractivity contribution >= 4 is 39.2 Å². The predicted octanol–water partition coefficient (Wildman–Crippen LogP) is 1.83. The number of fused-ring (bicyclic) bond motifs is 3. The standard InChI is InChI=1S/C13H15N3O2S2/c14-9(17)5-2-6-19-13-15-11(18)10-7-3-1-4-8(7)20-12(10)16-13/h1-6H2,(H2,14,17)(H,15,16,18). The second-order valence-electron chi connectivity index (χ2n) is 4.83. The lowest BCUT2D eigenvalue weighted by atomic mass is 10.2. The van der Waals surface area contributed by atoms with Crippen molar-refractivity contribution in [3.05, 3.63) is 20.8 Å². The Morgan fingerprint density at radius 1 is 1.45 bits per heavy atom. The summed E-state index contributed by atoms with van der Waals surface area (Å²) in [6.45, 7) is 0. The molecule has 1 amide bonds. The molecule has 2 aromatic rings. The maximum Gasteiger partial charge on any atom is 0.260 e. The molecule has 3 rings (SSSR count). The molecule has 0 spiro atoms. The van der Waals surface area contributed by atoms with Crippen molar-refractivity contribution in [2.45, 2.75) is 37.3 Å². The smallest absolute Gasteiger partial charge is 0.260 e. The molecule has 0 saturated carbocycles. The number of hydrogen-bond acceptors (Lipinski definition) is 5. The fraction of sp³-hybridized carbons (Fsp3) is 0.462. The molecule has 0 atom stereocenters. The average Bonchev–Trinajstić information content (AvgIpc) is 2.94. The first-order valence-corrected chi connectivity index (χ1v) is 8.41. The van der Waals surface area contributed by atoms with E-state index in [1.165, 1.54) is 22.2 Å². The van der Waals surface area contributed by atoms with Crippen LogP contribution in [0.5, 0.6) is 0 Å². The molecule has 3 N–H and O–H groups in total. The third-order valence-corrected chi connectivity index (χ3v) is 5.50. The van der Waals surface area contributed by atoms with Crippen LogP contribution in [0.1, 0.15) is 29.7 Å². The van der Waals surface area contributed by atoms with Crippen LogP contribution in [0.3, 0.4) is 0 Å². The average molecular weight is 309 g/mol. The van der Waals surface area contributed by atoms with Crippen molar-refractivity contribution in [2.75, 3.05) is 5.75 Å². The van der Waals surface area contributed by atoms with Gasteiger partial charge in [0.15, 0.2) is 5.16 Å². The van der Waals surface area contributed by atoms with E-state index in [0.717, 1.165) is 35.2 Å². The number of aryl methyl sites for hydroxylation is 2. The van der Waals surface area contributed by atoms with Crippen molar-refractivity contribution in [3.8, 4) is 0 Å². The number of rotatable bonds is 5. The van der Waals surface area contributed by atoms with E-state index in [9.17, 15) is 9.59 Å². The molecule has 0 radical (unpaired) electrons. The van der Waals surface area contributed by atoms with E-state index >= 15 is 0 Å². The summed E-state index contributed by atoms with van der Waals surface area (Å²) in [5.74, 6) is 0.430. The number of primary amides is 1. The fourth-order valence-corrected chi connectivity index (χ4v) is 4.59. The Balaban J connectivity index is 1.80. The zero-order valence-electron chi connectivity index (χ0n) is 10.9.